The van der Waals surface area contributed by atoms with Crippen LogP contribution in [0.4, 0.5) is 0 Å². The minimum absolute atomic E-state index is 0.569. The molecule has 8 heteroatoms. The second-order valence-electron chi connectivity index (χ2n) is 5.69. The van der Waals surface area contributed by atoms with Gasteiger partial charge in [0.25, 0.3) is 0 Å². The Morgan fingerprint density at radius 3 is 2.81 bits per heavy atom. The van der Waals surface area contributed by atoms with Gasteiger partial charge in [-0.3, -0.25) is 0 Å². The summed E-state index contributed by atoms with van der Waals surface area (Å²) in [6.07, 6.45) is 1.61. The summed E-state index contributed by atoms with van der Waals surface area (Å²) in [6, 6.07) is 14.5. The van der Waals surface area contributed by atoms with Gasteiger partial charge in [-0.15, -0.1) is 11.3 Å². The Morgan fingerprint density at radius 2 is 1.96 bits per heavy atom. The highest BCUT2D eigenvalue weighted by Crippen LogP contribution is 2.36. The summed E-state index contributed by atoms with van der Waals surface area (Å²) in [6.45, 7) is 0. The molecule has 0 saturated carbocycles. The number of aromatic nitrogens is 4. The Hall–Kier alpha value is -2.55. The zero-order valence-corrected chi connectivity index (χ0v) is 16.4. The molecule has 0 spiro atoms. The molecule has 132 valence electrons. The lowest BCUT2D eigenvalue weighted by atomic mass is 10.2. The van der Waals surface area contributed by atoms with E-state index in [4.69, 9.17) is 4.52 Å². The number of thioether (sulfide) groups is 1. The molecular formula is C19H12N4OS3. The number of rotatable bonds is 5. The highest BCUT2D eigenvalue weighted by molar-refractivity contribution is 7.98. The predicted octanol–water partition coefficient (Wildman–Crippen LogP) is 5.76. The molecule has 0 aliphatic heterocycles. The number of fused-ring (bicyclic) bond motifs is 1. The molecule has 5 aromatic rings. The van der Waals surface area contributed by atoms with Crippen molar-refractivity contribution < 1.29 is 4.52 Å². The van der Waals surface area contributed by atoms with Crippen molar-refractivity contribution in [3.05, 3.63) is 65.4 Å². The summed E-state index contributed by atoms with van der Waals surface area (Å²) in [5.41, 5.74) is 2.17. The number of nitrogens with zero attached hydrogens (tertiary/aromatic N) is 4. The van der Waals surface area contributed by atoms with Gasteiger partial charge in [-0.2, -0.15) is 16.3 Å². The summed E-state index contributed by atoms with van der Waals surface area (Å²) < 4.78 is 5.38. The van der Waals surface area contributed by atoms with Gasteiger partial charge in [-0.25, -0.2) is 9.97 Å². The van der Waals surface area contributed by atoms with Crippen molar-refractivity contribution in [2.45, 2.75) is 10.8 Å². The van der Waals surface area contributed by atoms with E-state index in [-0.39, 0.29) is 0 Å². The van der Waals surface area contributed by atoms with E-state index in [2.05, 4.69) is 38.3 Å². The van der Waals surface area contributed by atoms with E-state index in [0.717, 1.165) is 20.8 Å². The lowest BCUT2D eigenvalue weighted by Crippen LogP contribution is -1.86. The molecule has 27 heavy (non-hydrogen) atoms. The van der Waals surface area contributed by atoms with Gasteiger partial charge in [0, 0.05) is 21.2 Å². The molecule has 1 aromatic carbocycles. The van der Waals surface area contributed by atoms with Crippen LogP contribution in [0.2, 0.25) is 0 Å². The summed E-state index contributed by atoms with van der Waals surface area (Å²) in [4.78, 5) is 15.5. The second kappa shape index (κ2) is 7.22. The highest BCUT2D eigenvalue weighted by atomic mass is 32.2. The van der Waals surface area contributed by atoms with Crippen molar-refractivity contribution in [2.24, 2.45) is 0 Å². The zero-order chi connectivity index (χ0) is 18.1. The second-order valence-corrected chi connectivity index (χ2v) is 8.46. The van der Waals surface area contributed by atoms with Crippen molar-refractivity contribution in [2.75, 3.05) is 0 Å². The SMILES string of the molecule is c1ccc(-c2cc3c(SCc4nc(-c5ccsc5)no4)ncnc3s2)cc1. The van der Waals surface area contributed by atoms with Crippen molar-refractivity contribution >= 4 is 44.7 Å². The molecule has 0 atom stereocenters. The van der Waals surface area contributed by atoms with Crippen molar-refractivity contribution in [3.8, 4) is 21.8 Å². The molecule has 4 aromatic heterocycles. The number of thiophene rings is 2. The van der Waals surface area contributed by atoms with E-state index >= 15 is 0 Å². The van der Waals surface area contributed by atoms with Crippen LogP contribution in [0.15, 0.2) is 69.1 Å². The van der Waals surface area contributed by atoms with Crippen LogP contribution in [-0.4, -0.2) is 20.1 Å². The third-order valence-corrected chi connectivity index (χ3v) is 6.70. The van der Waals surface area contributed by atoms with Crippen LogP contribution in [0, 0.1) is 0 Å². The fourth-order valence-electron chi connectivity index (χ4n) is 2.65. The molecular weight excluding hydrogens is 396 g/mol. The maximum Gasteiger partial charge on any atom is 0.237 e. The lowest BCUT2D eigenvalue weighted by molar-refractivity contribution is 0.391. The third kappa shape index (κ3) is 3.39. The van der Waals surface area contributed by atoms with Gasteiger partial charge in [0.05, 0.1) is 5.75 Å². The van der Waals surface area contributed by atoms with E-state index in [0.29, 0.717) is 17.5 Å². The van der Waals surface area contributed by atoms with Gasteiger partial charge in [-0.05, 0) is 23.1 Å². The Bertz CT molecular complexity index is 1180. The van der Waals surface area contributed by atoms with Crippen molar-refractivity contribution in [3.63, 3.8) is 0 Å². The maximum atomic E-state index is 5.38. The molecule has 0 aliphatic rings. The first kappa shape index (κ1) is 16.6. The predicted molar refractivity (Wildman–Crippen MR) is 110 cm³/mol. The smallest absolute Gasteiger partial charge is 0.237 e. The quantitative estimate of drug-likeness (QED) is 0.272. The maximum absolute atomic E-state index is 5.38. The first-order valence-corrected chi connectivity index (χ1v) is 10.9. The molecule has 0 aliphatic carbocycles. The van der Waals surface area contributed by atoms with Crippen LogP contribution in [0.5, 0.6) is 0 Å². The standard InChI is InChI=1S/C19H12N4OS3/c1-2-4-12(5-3-1)15-8-14-18(20-11-21-19(14)27-15)26-10-16-22-17(23-24-16)13-6-7-25-9-13/h1-9,11H,10H2. The van der Waals surface area contributed by atoms with E-state index in [1.807, 2.05) is 35.0 Å². The van der Waals surface area contributed by atoms with Crippen molar-refractivity contribution in [1.82, 2.24) is 20.1 Å². The third-order valence-electron chi connectivity index (χ3n) is 3.93. The average molecular weight is 409 g/mol. The van der Waals surface area contributed by atoms with Gasteiger partial charge in [0.15, 0.2) is 0 Å². The fraction of sp³-hybridized carbons (Fsp3) is 0.0526. The number of hydrogen-bond acceptors (Lipinski definition) is 8. The first-order chi connectivity index (χ1) is 13.4. The summed E-state index contributed by atoms with van der Waals surface area (Å²) in [5, 5.41) is 10.0. The van der Waals surface area contributed by atoms with Gasteiger partial charge in [0.2, 0.25) is 11.7 Å². The molecule has 5 rings (SSSR count). The summed E-state index contributed by atoms with van der Waals surface area (Å²) in [5.74, 6) is 1.79. The van der Waals surface area contributed by atoms with Crippen LogP contribution in [-0.2, 0) is 5.75 Å². The Kier molecular flexibility index (Phi) is 4.44. The van der Waals surface area contributed by atoms with Crippen LogP contribution in [0.25, 0.3) is 32.0 Å². The molecule has 0 saturated heterocycles. The van der Waals surface area contributed by atoms with Crippen LogP contribution >= 0.6 is 34.4 Å². The molecule has 0 fully saturated rings. The Labute approximate surface area is 167 Å². The van der Waals surface area contributed by atoms with Crippen LogP contribution in [0.3, 0.4) is 0 Å². The first-order valence-electron chi connectivity index (χ1n) is 8.15. The summed E-state index contributed by atoms with van der Waals surface area (Å²) >= 11 is 4.87. The van der Waals surface area contributed by atoms with Crippen molar-refractivity contribution in [1.29, 1.82) is 0 Å². The Balaban J connectivity index is 1.40. The van der Waals surface area contributed by atoms with Crippen LogP contribution in [0.1, 0.15) is 5.89 Å². The van der Waals surface area contributed by atoms with E-state index < -0.39 is 0 Å². The van der Waals surface area contributed by atoms with Gasteiger partial charge >= 0.3 is 0 Å². The monoisotopic (exact) mass is 408 g/mol. The fourth-order valence-corrected chi connectivity index (χ4v) is 5.16. The molecule has 0 bridgehead atoms. The lowest BCUT2D eigenvalue weighted by Gasteiger charge is -1.98. The molecule has 4 heterocycles. The van der Waals surface area contributed by atoms with Gasteiger partial charge in [0.1, 0.15) is 16.2 Å². The largest absolute Gasteiger partial charge is 0.338 e. The minimum Gasteiger partial charge on any atom is -0.338 e. The van der Waals surface area contributed by atoms with Gasteiger partial charge in [-0.1, -0.05) is 47.3 Å². The van der Waals surface area contributed by atoms with E-state index in [9.17, 15) is 0 Å². The molecule has 0 unspecified atom stereocenters. The number of benzene rings is 1. The van der Waals surface area contributed by atoms with Gasteiger partial charge < -0.3 is 4.52 Å². The zero-order valence-electron chi connectivity index (χ0n) is 13.9. The minimum atomic E-state index is 0.569. The summed E-state index contributed by atoms with van der Waals surface area (Å²) in [7, 11) is 0. The normalized spacial score (nSPS) is 11.3. The molecule has 0 amide bonds. The highest BCUT2D eigenvalue weighted by Gasteiger charge is 2.13. The average Bonchev–Trinajstić information content (AvgIpc) is 3.47. The number of hydrogen-bond donors (Lipinski definition) is 0. The molecule has 0 N–H and O–H groups in total. The van der Waals surface area contributed by atoms with E-state index in [1.165, 1.54) is 10.4 Å². The molecule has 0 radical (unpaired) electrons. The molecule has 5 nitrogen and oxygen atoms in total. The topological polar surface area (TPSA) is 64.7 Å². The van der Waals surface area contributed by atoms with E-state index in [1.54, 1.807) is 40.8 Å². The van der Waals surface area contributed by atoms with Crippen LogP contribution < -0.4 is 0 Å². The Morgan fingerprint density at radius 1 is 1.04 bits per heavy atom.